The topological polar surface area (TPSA) is 64.0 Å². The smallest absolute Gasteiger partial charge is 0.272 e. The van der Waals surface area contributed by atoms with Crippen LogP contribution in [0.15, 0.2) is 30.7 Å². The van der Waals surface area contributed by atoms with Gasteiger partial charge in [0, 0.05) is 10.9 Å². The second kappa shape index (κ2) is 6.73. The van der Waals surface area contributed by atoms with Gasteiger partial charge in [-0.2, -0.15) is 0 Å². The molecule has 1 aliphatic carbocycles. The number of H-pyrrole nitrogens is 1. The Labute approximate surface area is 145 Å². The molecular formula is C18H22N5S+. The zero-order valence-corrected chi connectivity index (χ0v) is 14.6. The number of anilines is 2. The molecule has 3 aromatic heterocycles. The lowest BCUT2D eigenvalue weighted by Crippen LogP contribution is -2.19. The van der Waals surface area contributed by atoms with Crippen LogP contribution in [0.1, 0.15) is 23.8 Å². The predicted octanol–water partition coefficient (Wildman–Crippen LogP) is 3.15. The first-order valence-corrected chi connectivity index (χ1v) is 9.32. The third-order valence-corrected chi connectivity index (χ3v) is 5.70. The van der Waals surface area contributed by atoms with Crippen LogP contribution in [0.3, 0.4) is 0 Å². The SMILES string of the molecule is C[C@H]1CCc2c(sc3ncnc(NCCNc4cccc[nH+]4)c23)C1. The lowest BCUT2D eigenvalue weighted by Gasteiger charge is -2.18. The lowest BCUT2D eigenvalue weighted by molar-refractivity contribution is -0.361. The Bertz CT molecular complexity index is 830. The van der Waals surface area contributed by atoms with Crippen LogP contribution in [-0.4, -0.2) is 23.1 Å². The van der Waals surface area contributed by atoms with E-state index >= 15 is 0 Å². The Morgan fingerprint density at radius 1 is 1.25 bits per heavy atom. The summed E-state index contributed by atoms with van der Waals surface area (Å²) in [5, 5.41) is 8.10. The van der Waals surface area contributed by atoms with Gasteiger partial charge in [-0.05, 0) is 36.8 Å². The molecule has 0 fully saturated rings. The Kier molecular flexibility index (Phi) is 4.30. The van der Waals surface area contributed by atoms with Gasteiger partial charge in [0.05, 0.1) is 18.1 Å². The molecule has 1 aliphatic rings. The van der Waals surface area contributed by atoms with Gasteiger partial charge in [-0.25, -0.2) is 15.0 Å². The quantitative estimate of drug-likeness (QED) is 0.700. The minimum atomic E-state index is 0.779. The van der Waals surface area contributed by atoms with Crippen molar-refractivity contribution in [3.8, 4) is 0 Å². The highest BCUT2D eigenvalue weighted by atomic mass is 32.1. The summed E-state index contributed by atoms with van der Waals surface area (Å²) in [7, 11) is 0. The summed E-state index contributed by atoms with van der Waals surface area (Å²) in [5.74, 6) is 2.78. The van der Waals surface area contributed by atoms with E-state index in [1.807, 2.05) is 35.7 Å². The molecule has 124 valence electrons. The Morgan fingerprint density at radius 2 is 2.17 bits per heavy atom. The second-order valence-corrected chi connectivity index (χ2v) is 7.47. The van der Waals surface area contributed by atoms with Gasteiger partial charge in [0.2, 0.25) is 0 Å². The number of fused-ring (bicyclic) bond motifs is 3. The molecule has 0 saturated heterocycles. The predicted molar refractivity (Wildman–Crippen MR) is 98.6 cm³/mol. The minimum Gasteiger partial charge on any atom is -0.365 e. The number of hydrogen-bond acceptors (Lipinski definition) is 5. The molecule has 0 bridgehead atoms. The molecule has 4 rings (SSSR count). The Hall–Kier alpha value is -2.21. The molecule has 3 N–H and O–H groups in total. The van der Waals surface area contributed by atoms with Crippen LogP contribution in [-0.2, 0) is 12.8 Å². The first kappa shape index (κ1) is 15.3. The highest BCUT2D eigenvalue weighted by Crippen LogP contribution is 2.39. The van der Waals surface area contributed by atoms with Crippen LogP contribution in [0.25, 0.3) is 10.2 Å². The normalized spacial score (nSPS) is 16.8. The van der Waals surface area contributed by atoms with E-state index in [0.29, 0.717) is 0 Å². The maximum Gasteiger partial charge on any atom is 0.272 e. The van der Waals surface area contributed by atoms with E-state index in [4.69, 9.17) is 0 Å². The van der Waals surface area contributed by atoms with Gasteiger partial charge in [0.25, 0.3) is 5.82 Å². The maximum atomic E-state index is 4.50. The van der Waals surface area contributed by atoms with Crippen LogP contribution in [0.2, 0.25) is 0 Å². The van der Waals surface area contributed by atoms with Crippen molar-refractivity contribution in [3.05, 3.63) is 41.2 Å². The van der Waals surface area contributed by atoms with E-state index in [0.717, 1.165) is 41.9 Å². The summed E-state index contributed by atoms with van der Waals surface area (Å²) in [4.78, 5) is 14.8. The number of aromatic amines is 1. The lowest BCUT2D eigenvalue weighted by atomic mass is 9.89. The largest absolute Gasteiger partial charge is 0.365 e. The van der Waals surface area contributed by atoms with Crippen molar-refractivity contribution in [3.63, 3.8) is 0 Å². The van der Waals surface area contributed by atoms with Crippen LogP contribution < -0.4 is 15.6 Å². The summed E-state index contributed by atoms with van der Waals surface area (Å²) >= 11 is 1.84. The van der Waals surface area contributed by atoms with Crippen molar-refractivity contribution in [2.75, 3.05) is 23.7 Å². The third kappa shape index (κ3) is 3.06. The van der Waals surface area contributed by atoms with E-state index in [9.17, 15) is 0 Å². The molecule has 6 heteroatoms. The average Bonchev–Trinajstić information content (AvgIpc) is 2.97. The molecule has 0 unspecified atom stereocenters. The molecule has 24 heavy (non-hydrogen) atoms. The first-order valence-electron chi connectivity index (χ1n) is 8.51. The van der Waals surface area contributed by atoms with E-state index in [-0.39, 0.29) is 0 Å². The zero-order valence-electron chi connectivity index (χ0n) is 13.8. The first-order chi connectivity index (χ1) is 11.8. The van der Waals surface area contributed by atoms with Crippen molar-refractivity contribution < 1.29 is 4.98 Å². The fourth-order valence-electron chi connectivity index (χ4n) is 3.29. The molecule has 0 aromatic carbocycles. The molecule has 0 radical (unpaired) electrons. The molecule has 0 amide bonds. The van der Waals surface area contributed by atoms with Crippen molar-refractivity contribution in [1.29, 1.82) is 0 Å². The number of nitrogens with one attached hydrogen (secondary N) is 3. The summed E-state index contributed by atoms with van der Waals surface area (Å²) in [6.45, 7) is 3.98. The van der Waals surface area contributed by atoms with Gasteiger partial charge in [-0.15, -0.1) is 11.3 Å². The van der Waals surface area contributed by atoms with Crippen molar-refractivity contribution in [2.45, 2.75) is 26.2 Å². The summed E-state index contributed by atoms with van der Waals surface area (Å²) in [6, 6.07) is 6.01. The summed E-state index contributed by atoms with van der Waals surface area (Å²) in [5.41, 5.74) is 1.47. The molecule has 0 saturated carbocycles. The fraction of sp³-hybridized carbons (Fsp3) is 0.389. The molecule has 3 heterocycles. The molecule has 1 atom stereocenters. The number of aromatic nitrogens is 3. The monoisotopic (exact) mass is 340 g/mol. The number of thiophene rings is 1. The number of rotatable bonds is 5. The fourth-order valence-corrected chi connectivity index (χ4v) is 4.64. The molecular weight excluding hydrogens is 318 g/mol. The van der Waals surface area contributed by atoms with Gasteiger partial charge in [-0.3, -0.25) is 5.32 Å². The highest BCUT2D eigenvalue weighted by Gasteiger charge is 2.22. The Morgan fingerprint density at radius 3 is 3.04 bits per heavy atom. The van der Waals surface area contributed by atoms with Crippen LogP contribution in [0.4, 0.5) is 11.6 Å². The van der Waals surface area contributed by atoms with E-state index in [1.165, 1.54) is 28.7 Å². The van der Waals surface area contributed by atoms with Crippen LogP contribution in [0, 0.1) is 5.92 Å². The molecule has 0 aliphatic heterocycles. The number of hydrogen-bond donors (Lipinski definition) is 2. The van der Waals surface area contributed by atoms with Gasteiger partial charge in [0.1, 0.15) is 23.5 Å². The van der Waals surface area contributed by atoms with Crippen molar-refractivity contribution >= 4 is 33.2 Å². The van der Waals surface area contributed by atoms with E-state index in [1.54, 1.807) is 6.33 Å². The zero-order chi connectivity index (χ0) is 16.4. The minimum absolute atomic E-state index is 0.779. The molecule has 3 aromatic rings. The molecule has 5 nitrogen and oxygen atoms in total. The third-order valence-electron chi connectivity index (χ3n) is 4.53. The standard InChI is InChI=1S/C18H21N5S/c1-12-5-6-13-14(10-12)24-18-16(13)17(22-11-23-18)21-9-8-20-15-4-2-3-7-19-15/h2-4,7,11-12H,5-6,8-10H2,1H3,(H,19,20)(H,21,22,23)/p+1/t12-/m0/s1. The number of nitrogens with zero attached hydrogens (tertiary/aromatic N) is 2. The van der Waals surface area contributed by atoms with Gasteiger partial charge in [0.15, 0.2) is 0 Å². The van der Waals surface area contributed by atoms with Gasteiger partial charge < -0.3 is 5.32 Å². The molecule has 0 spiro atoms. The number of pyridine rings is 1. The van der Waals surface area contributed by atoms with Crippen LogP contribution >= 0.6 is 11.3 Å². The van der Waals surface area contributed by atoms with Gasteiger partial charge in [-0.1, -0.05) is 13.0 Å². The summed E-state index contributed by atoms with van der Waals surface area (Å²) < 4.78 is 0. The van der Waals surface area contributed by atoms with Crippen LogP contribution in [0.5, 0.6) is 0 Å². The summed E-state index contributed by atoms with van der Waals surface area (Å²) in [6.07, 6.45) is 7.19. The average molecular weight is 340 g/mol. The van der Waals surface area contributed by atoms with Crippen molar-refractivity contribution in [1.82, 2.24) is 9.97 Å². The van der Waals surface area contributed by atoms with E-state index < -0.39 is 0 Å². The highest BCUT2D eigenvalue weighted by molar-refractivity contribution is 7.19. The number of aryl methyl sites for hydroxylation is 1. The maximum absolute atomic E-state index is 4.50. The van der Waals surface area contributed by atoms with E-state index in [2.05, 4.69) is 32.5 Å². The second-order valence-electron chi connectivity index (χ2n) is 6.38. The Balaban J connectivity index is 1.48. The van der Waals surface area contributed by atoms with Gasteiger partial charge >= 0.3 is 0 Å². The van der Waals surface area contributed by atoms with Crippen molar-refractivity contribution in [2.24, 2.45) is 5.92 Å².